The van der Waals surface area contributed by atoms with Gasteiger partial charge in [0.1, 0.15) is 35.2 Å². The third kappa shape index (κ3) is 10.5. The fraction of sp³-hybridized carbons (Fsp3) is 0.457. The highest BCUT2D eigenvalue weighted by molar-refractivity contribution is 6.31. The van der Waals surface area contributed by atoms with Crippen molar-refractivity contribution < 1.29 is 42.2 Å². The third-order valence-corrected chi connectivity index (χ3v) is 13.0. The number of rotatable bonds is 11. The molecule has 1 aliphatic carbocycles. The fourth-order valence-corrected chi connectivity index (χ4v) is 9.29. The van der Waals surface area contributed by atoms with Crippen molar-refractivity contribution in [2.24, 2.45) is 18.9 Å². The van der Waals surface area contributed by atoms with Crippen LogP contribution in [0.5, 0.6) is 11.5 Å². The van der Waals surface area contributed by atoms with Gasteiger partial charge in [-0.15, -0.1) is 0 Å². The highest BCUT2D eigenvalue weighted by Gasteiger charge is 2.53. The van der Waals surface area contributed by atoms with Gasteiger partial charge in [-0.25, -0.2) is 18.2 Å². The summed E-state index contributed by atoms with van der Waals surface area (Å²) in [4.78, 5) is 66.5. The molecule has 0 spiro atoms. The van der Waals surface area contributed by atoms with Crippen LogP contribution in [-0.2, 0) is 45.7 Å². The lowest BCUT2D eigenvalue weighted by Crippen LogP contribution is -2.65. The summed E-state index contributed by atoms with van der Waals surface area (Å²) in [5.41, 5.74) is 1.22. The van der Waals surface area contributed by atoms with Crippen LogP contribution in [-0.4, -0.2) is 110 Å². The topological polar surface area (TPSA) is 149 Å². The predicted molar refractivity (Wildman–Crippen MR) is 234 cm³/mol. The number of nitrogens with zero attached hydrogens (tertiary/aromatic N) is 5. The Kier molecular flexibility index (Phi) is 14.0. The van der Waals surface area contributed by atoms with Crippen LogP contribution in [0.15, 0.2) is 66.9 Å². The molecule has 2 saturated heterocycles. The van der Waals surface area contributed by atoms with Gasteiger partial charge in [0.2, 0.25) is 29.6 Å². The number of aliphatic hydroxyl groups excluding tert-OH is 1. The van der Waals surface area contributed by atoms with Crippen molar-refractivity contribution in [1.29, 1.82) is 0 Å². The number of amides is 4. The lowest BCUT2D eigenvalue weighted by molar-refractivity contribution is -0.162. The van der Waals surface area contributed by atoms with E-state index < -0.39 is 97.2 Å². The molecule has 3 aromatic carbocycles. The SMILES string of the molecule is C[C@H]1C(=O)N[C@@H](CO)C(=O)N[C@@]2(Cc3ccc(Cl)cc3)CCCN(C2)C(=O)[C@H](C2CC(F)(F)C2)CC(=O)N1Cc1c(F)cc(Cl)cc1Oc1ccc(-c2cnc(CN(C)C)n2C)cc1. The summed E-state index contributed by atoms with van der Waals surface area (Å²) in [5, 5.41) is 16.5. The number of halogens is 5. The van der Waals surface area contributed by atoms with Gasteiger partial charge < -0.3 is 39.7 Å². The molecule has 0 radical (unpaired) electrons. The smallest absolute Gasteiger partial charge is 0.248 e. The first-order valence-electron chi connectivity index (χ1n) is 21.2. The monoisotopic (exact) mass is 925 g/mol. The molecule has 2 bridgehead atoms. The number of benzene rings is 3. The number of ether oxygens (including phenoxy) is 1. The molecule has 0 unspecified atom stereocenters. The second-order valence-corrected chi connectivity index (χ2v) is 18.4. The Bertz CT molecular complexity index is 2380. The van der Waals surface area contributed by atoms with Gasteiger partial charge in [-0.05, 0) is 100 Å². The van der Waals surface area contributed by atoms with Crippen molar-refractivity contribution in [1.82, 2.24) is 34.9 Å². The maximum absolute atomic E-state index is 16.2. The van der Waals surface area contributed by atoms with Gasteiger partial charge >= 0.3 is 0 Å². The van der Waals surface area contributed by atoms with Crippen LogP contribution >= 0.6 is 23.2 Å². The minimum atomic E-state index is -3.03. The number of piperidine rings is 1. The minimum Gasteiger partial charge on any atom is -0.457 e. The number of alkyl halides is 2. The summed E-state index contributed by atoms with van der Waals surface area (Å²) in [6, 6.07) is 13.4. The number of aliphatic hydroxyl groups is 1. The molecular formula is C46H52Cl2F3N7O6. The Balaban J connectivity index is 1.21. The van der Waals surface area contributed by atoms with Crippen LogP contribution in [0.2, 0.25) is 10.0 Å². The molecule has 4 aromatic rings. The van der Waals surface area contributed by atoms with Crippen molar-refractivity contribution in [3.63, 3.8) is 0 Å². The van der Waals surface area contributed by atoms with E-state index in [1.54, 1.807) is 42.6 Å². The van der Waals surface area contributed by atoms with Gasteiger partial charge in [0, 0.05) is 60.6 Å². The van der Waals surface area contributed by atoms with Crippen molar-refractivity contribution in [3.8, 4) is 22.8 Å². The first-order valence-corrected chi connectivity index (χ1v) is 21.9. The van der Waals surface area contributed by atoms with E-state index in [1.165, 1.54) is 17.9 Å². The summed E-state index contributed by atoms with van der Waals surface area (Å²) < 4.78 is 53.4. The lowest BCUT2D eigenvalue weighted by Gasteiger charge is -2.47. The number of carbonyl (C=O) groups excluding carboxylic acids is 4. The molecule has 1 saturated carbocycles. The zero-order valence-electron chi connectivity index (χ0n) is 36.1. The Morgan fingerprint density at radius 2 is 1.69 bits per heavy atom. The molecule has 64 heavy (non-hydrogen) atoms. The average molecular weight is 927 g/mol. The summed E-state index contributed by atoms with van der Waals surface area (Å²) in [5.74, 6) is -7.85. The van der Waals surface area contributed by atoms with Crippen molar-refractivity contribution in [2.45, 2.75) is 82.1 Å². The maximum atomic E-state index is 16.2. The second kappa shape index (κ2) is 19.1. The molecule has 3 aliphatic rings. The van der Waals surface area contributed by atoms with Crippen LogP contribution in [0.4, 0.5) is 13.2 Å². The first-order chi connectivity index (χ1) is 30.3. The van der Waals surface area contributed by atoms with Crippen LogP contribution in [0.25, 0.3) is 11.3 Å². The zero-order valence-corrected chi connectivity index (χ0v) is 37.6. The lowest BCUT2D eigenvalue weighted by atomic mass is 9.70. The van der Waals surface area contributed by atoms with E-state index in [-0.39, 0.29) is 35.8 Å². The molecule has 1 aromatic heterocycles. The largest absolute Gasteiger partial charge is 0.457 e. The summed E-state index contributed by atoms with van der Waals surface area (Å²) in [7, 11) is 5.81. The summed E-state index contributed by atoms with van der Waals surface area (Å²) in [6.07, 6.45) is 1.03. The van der Waals surface area contributed by atoms with Gasteiger partial charge in [0.05, 0.1) is 43.0 Å². The maximum Gasteiger partial charge on any atom is 0.248 e. The number of hydrogen-bond donors (Lipinski definition) is 3. The normalized spacial score (nSPS) is 23.4. The number of aromatic nitrogens is 2. The summed E-state index contributed by atoms with van der Waals surface area (Å²) >= 11 is 12.5. The van der Waals surface area contributed by atoms with Gasteiger partial charge in [-0.2, -0.15) is 0 Å². The Morgan fingerprint density at radius 1 is 0.984 bits per heavy atom. The number of carbonyl (C=O) groups is 4. The summed E-state index contributed by atoms with van der Waals surface area (Å²) in [6.45, 7) is 0.807. The minimum absolute atomic E-state index is 0.0173. The van der Waals surface area contributed by atoms with Crippen molar-refractivity contribution in [3.05, 3.63) is 99.7 Å². The molecule has 3 fully saturated rings. The quantitative estimate of drug-likeness (QED) is 0.157. The van der Waals surface area contributed by atoms with E-state index in [1.807, 2.05) is 42.7 Å². The highest BCUT2D eigenvalue weighted by atomic mass is 35.5. The number of hydrogen-bond acceptors (Lipinski definition) is 8. The molecule has 7 rings (SSSR count). The molecule has 13 nitrogen and oxygen atoms in total. The van der Waals surface area contributed by atoms with E-state index >= 15 is 4.39 Å². The molecule has 18 heteroatoms. The molecule has 2 aliphatic heterocycles. The Morgan fingerprint density at radius 3 is 2.34 bits per heavy atom. The second-order valence-electron chi connectivity index (χ2n) is 17.6. The van der Waals surface area contributed by atoms with E-state index in [2.05, 4.69) is 15.6 Å². The predicted octanol–water partition coefficient (Wildman–Crippen LogP) is 6.37. The van der Waals surface area contributed by atoms with Crippen LogP contribution in [0, 0.1) is 17.7 Å². The molecule has 3 N–H and O–H groups in total. The van der Waals surface area contributed by atoms with Gasteiger partial charge in [-0.1, -0.05) is 35.3 Å². The molecule has 4 amide bonds. The van der Waals surface area contributed by atoms with Crippen molar-refractivity contribution >= 4 is 46.8 Å². The van der Waals surface area contributed by atoms with E-state index in [0.29, 0.717) is 30.2 Å². The number of nitrogens with one attached hydrogen (secondary N) is 2. The standard InChI is InChI=1S/C46H52Cl2F3N7O6/c1-27-42(61)53-37(25-59)43(62)54-45(19-28-6-10-31(47)11-7-28)14-5-15-57(26-45)44(63)34(30-20-46(50,51)21-30)18-41(60)58(27)23-35-36(49)16-32(48)17-39(35)64-33-12-8-29(9-13-33)38-22-52-40(56(38)4)24-55(2)3/h6-13,16-17,22,27,30,34,37,59H,5,14-15,18-21,23-26H2,1-4H3,(H,53,61)(H,54,62)/t27-,34-,37-,45+/m0/s1. The molecule has 342 valence electrons. The molecular weight excluding hydrogens is 874 g/mol. The molecule has 4 atom stereocenters. The Hall–Kier alpha value is -5.16. The van der Waals surface area contributed by atoms with Crippen LogP contribution in [0.3, 0.4) is 0 Å². The first kappa shape index (κ1) is 46.8. The average Bonchev–Trinajstić information content (AvgIpc) is 3.59. The fourth-order valence-electron chi connectivity index (χ4n) is 8.97. The van der Waals surface area contributed by atoms with Crippen molar-refractivity contribution in [2.75, 3.05) is 33.8 Å². The highest BCUT2D eigenvalue weighted by Crippen LogP contribution is 2.48. The van der Waals surface area contributed by atoms with Gasteiger partial charge in [0.15, 0.2) is 0 Å². The van der Waals surface area contributed by atoms with E-state index in [9.17, 15) is 33.1 Å². The van der Waals surface area contributed by atoms with Crippen LogP contribution in [0.1, 0.15) is 56.0 Å². The van der Waals surface area contributed by atoms with E-state index in [0.717, 1.165) is 33.6 Å². The number of imidazole rings is 1. The van der Waals surface area contributed by atoms with E-state index in [4.69, 9.17) is 27.9 Å². The zero-order chi connectivity index (χ0) is 46.1. The van der Waals surface area contributed by atoms with Gasteiger partial charge in [0.25, 0.3) is 0 Å². The third-order valence-electron chi connectivity index (χ3n) is 12.5. The van der Waals surface area contributed by atoms with Gasteiger partial charge in [-0.3, -0.25) is 19.2 Å². The van der Waals surface area contributed by atoms with Crippen LogP contribution < -0.4 is 15.4 Å². The molecule has 3 heterocycles. The number of fused-ring (bicyclic) bond motifs is 2. The Labute approximate surface area is 379 Å².